The second-order valence-corrected chi connectivity index (χ2v) is 5.63. The molecule has 1 heterocycles. The van der Waals surface area contributed by atoms with Gasteiger partial charge in [-0.2, -0.15) is 0 Å². The first-order chi connectivity index (χ1) is 11.2. The number of aromatic nitrogens is 2. The molecule has 0 unspecified atom stereocenters. The fraction of sp³-hybridized carbons (Fsp3) is 0.444. The van der Waals surface area contributed by atoms with Crippen LogP contribution in [0.4, 0.5) is 0 Å². The van der Waals surface area contributed by atoms with Gasteiger partial charge in [0.25, 0.3) is 0 Å². The van der Waals surface area contributed by atoms with E-state index in [9.17, 15) is 0 Å². The van der Waals surface area contributed by atoms with Gasteiger partial charge >= 0.3 is 0 Å². The highest BCUT2D eigenvalue weighted by Crippen LogP contribution is 2.10. The van der Waals surface area contributed by atoms with Crippen LogP contribution < -0.4 is 0 Å². The molecule has 0 aliphatic carbocycles. The molecule has 0 N–H and O–H groups in total. The average Bonchev–Trinajstić information content (AvgIpc) is 2.57. The van der Waals surface area contributed by atoms with E-state index in [0.29, 0.717) is 19.0 Å². The van der Waals surface area contributed by atoms with Crippen molar-refractivity contribution in [2.45, 2.75) is 26.6 Å². The lowest BCUT2D eigenvalue weighted by molar-refractivity contribution is 0.140. The van der Waals surface area contributed by atoms with Crippen LogP contribution in [-0.2, 0) is 29.2 Å². The monoisotopic (exact) mass is 315 g/mol. The Balaban J connectivity index is 2.00. The summed E-state index contributed by atoms with van der Waals surface area (Å²) in [7, 11) is 3.37. The van der Waals surface area contributed by atoms with Crippen molar-refractivity contribution in [1.29, 1.82) is 0 Å². The van der Waals surface area contributed by atoms with E-state index in [1.54, 1.807) is 14.2 Å². The lowest BCUT2D eigenvalue weighted by Gasteiger charge is -2.22. The molecular weight excluding hydrogens is 290 g/mol. The van der Waals surface area contributed by atoms with E-state index in [2.05, 4.69) is 46.1 Å². The molecule has 0 aliphatic heterocycles. The Hall–Kier alpha value is -1.82. The molecule has 1 aromatic heterocycles. The van der Waals surface area contributed by atoms with Crippen molar-refractivity contribution < 1.29 is 9.47 Å². The van der Waals surface area contributed by atoms with Gasteiger partial charge in [0, 0.05) is 51.8 Å². The zero-order valence-electron chi connectivity index (χ0n) is 14.2. The maximum Gasteiger partial charge on any atom is 0.153 e. The molecule has 0 saturated heterocycles. The molecule has 0 bridgehead atoms. The summed E-state index contributed by atoms with van der Waals surface area (Å²) in [6.07, 6.45) is 3.74. The number of nitrogens with zero attached hydrogens (tertiary/aromatic N) is 3. The van der Waals surface area contributed by atoms with Crippen LogP contribution in [0.25, 0.3) is 0 Å². The molecule has 124 valence electrons. The minimum Gasteiger partial charge on any atom is -0.383 e. The molecule has 0 atom stereocenters. The van der Waals surface area contributed by atoms with Crippen molar-refractivity contribution in [2.24, 2.45) is 0 Å². The summed E-state index contributed by atoms with van der Waals surface area (Å²) < 4.78 is 10.3. The first kappa shape index (κ1) is 17.5. The second-order valence-electron chi connectivity index (χ2n) is 5.63. The van der Waals surface area contributed by atoms with Crippen LogP contribution in [0.5, 0.6) is 0 Å². The molecule has 1 aromatic carbocycles. The molecule has 0 saturated carbocycles. The Bertz CT molecular complexity index is 570. The molecule has 2 rings (SSSR count). The van der Waals surface area contributed by atoms with Gasteiger partial charge in [0.1, 0.15) is 6.61 Å². The minimum absolute atomic E-state index is 0.442. The van der Waals surface area contributed by atoms with Gasteiger partial charge in [-0.3, -0.25) is 4.90 Å². The van der Waals surface area contributed by atoms with Crippen LogP contribution in [0.15, 0.2) is 36.7 Å². The van der Waals surface area contributed by atoms with Gasteiger partial charge in [-0.15, -0.1) is 0 Å². The molecule has 23 heavy (non-hydrogen) atoms. The van der Waals surface area contributed by atoms with E-state index < -0.39 is 0 Å². The van der Waals surface area contributed by atoms with Crippen molar-refractivity contribution in [2.75, 3.05) is 27.4 Å². The van der Waals surface area contributed by atoms with E-state index in [4.69, 9.17) is 9.47 Å². The molecule has 0 fully saturated rings. The smallest absolute Gasteiger partial charge is 0.153 e. The fourth-order valence-electron chi connectivity index (χ4n) is 2.31. The lowest BCUT2D eigenvalue weighted by atomic mass is 10.1. The highest BCUT2D eigenvalue weighted by atomic mass is 16.5. The van der Waals surface area contributed by atoms with Crippen molar-refractivity contribution in [3.05, 3.63) is 59.2 Å². The standard InChI is InChI=1S/C18H25N3O2/c1-15-4-6-16(7-5-15)12-21(8-9-22-2)13-17-10-19-18(14-23-3)20-11-17/h4-7,10-11H,8-9,12-14H2,1-3H3. The molecular formula is C18H25N3O2. The Morgan fingerprint density at radius 3 is 2.17 bits per heavy atom. The number of hydrogen-bond acceptors (Lipinski definition) is 5. The Morgan fingerprint density at radius 2 is 1.57 bits per heavy atom. The highest BCUT2D eigenvalue weighted by Gasteiger charge is 2.08. The van der Waals surface area contributed by atoms with Gasteiger partial charge < -0.3 is 9.47 Å². The predicted molar refractivity (Wildman–Crippen MR) is 89.9 cm³/mol. The summed E-state index contributed by atoms with van der Waals surface area (Å²) in [5.41, 5.74) is 3.66. The normalized spacial score (nSPS) is 11.1. The predicted octanol–water partition coefficient (Wildman–Crippen LogP) is 2.58. The van der Waals surface area contributed by atoms with Crippen LogP contribution in [0, 0.1) is 6.92 Å². The summed E-state index contributed by atoms with van der Waals surface area (Å²) in [6.45, 7) is 5.79. The first-order valence-corrected chi connectivity index (χ1v) is 7.77. The van der Waals surface area contributed by atoms with Gasteiger partial charge in [0.15, 0.2) is 5.82 Å². The van der Waals surface area contributed by atoms with E-state index in [1.807, 2.05) is 12.4 Å². The molecule has 0 spiro atoms. The van der Waals surface area contributed by atoms with E-state index in [0.717, 1.165) is 25.2 Å². The number of hydrogen-bond donors (Lipinski definition) is 0. The quantitative estimate of drug-likeness (QED) is 0.712. The van der Waals surface area contributed by atoms with Crippen LogP contribution >= 0.6 is 0 Å². The third kappa shape index (κ3) is 6.06. The van der Waals surface area contributed by atoms with Gasteiger partial charge in [0.05, 0.1) is 6.61 Å². The van der Waals surface area contributed by atoms with E-state index >= 15 is 0 Å². The molecule has 2 aromatic rings. The van der Waals surface area contributed by atoms with Gasteiger partial charge in [-0.05, 0) is 12.5 Å². The Labute approximate surface area is 138 Å². The second kappa shape index (κ2) is 9.35. The molecule has 5 nitrogen and oxygen atoms in total. The zero-order valence-corrected chi connectivity index (χ0v) is 14.2. The number of benzene rings is 1. The van der Waals surface area contributed by atoms with Crippen LogP contribution in [0.1, 0.15) is 22.5 Å². The third-order valence-corrected chi connectivity index (χ3v) is 3.58. The summed E-state index contributed by atoms with van der Waals surface area (Å²) >= 11 is 0. The Morgan fingerprint density at radius 1 is 0.913 bits per heavy atom. The fourth-order valence-corrected chi connectivity index (χ4v) is 2.31. The van der Waals surface area contributed by atoms with E-state index in [1.165, 1.54) is 11.1 Å². The summed E-state index contributed by atoms with van der Waals surface area (Å²) in [4.78, 5) is 11.0. The third-order valence-electron chi connectivity index (χ3n) is 3.58. The largest absolute Gasteiger partial charge is 0.383 e. The average molecular weight is 315 g/mol. The number of aryl methyl sites for hydroxylation is 1. The van der Waals surface area contributed by atoms with Crippen molar-refractivity contribution in [1.82, 2.24) is 14.9 Å². The molecule has 0 amide bonds. The number of methoxy groups -OCH3 is 2. The SMILES string of the molecule is COCCN(Cc1ccc(C)cc1)Cc1cnc(COC)nc1. The van der Waals surface area contributed by atoms with Crippen LogP contribution in [0.2, 0.25) is 0 Å². The number of ether oxygens (including phenoxy) is 2. The van der Waals surface area contributed by atoms with Gasteiger partial charge in [-0.1, -0.05) is 29.8 Å². The lowest BCUT2D eigenvalue weighted by Crippen LogP contribution is -2.26. The Kier molecular flexibility index (Phi) is 7.13. The van der Waals surface area contributed by atoms with E-state index in [-0.39, 0.29) is 0 Å². The first-order valence-electron chi connectivity index (χ1n) is 7.77. The molecule has 0 radical (unpaired) electrons. The maximum absolute atomic E-state index is 5.23. The van der Waals surface area contributed by atoms with Crippen LogP contribution in [-0.4, -0.2) is 42.2 Å². The summed E-state index contributed by atoms with van der Waals surface area (Å²) in [5, 5.41) is 0. The topological polar surface area (TPSA) is 47.5 Å². The minimum atomic E-state index is 0.442. The molecule has 5 heteroatoms. The zero-order chi connectivity index (χ0) is 16.5. The van der Waals surface area contributed by atoms with Crippen LogP contribution in [0.3, 0.4) is 0 Å². The highest BCUT2D eigenvalue weighted by molar-refractivity contribution is 5.21. The molecule has 0 aliphatic rings. The van der Waals surface area contributed by atoms with Crippen molar-refractivity contribution >= 4 is 0 Å². The summed E-state index contributed by atoms with van der Waals surface area (Å²) in [6, 6.07) is 8.64. The van der Waals surface area contributed by atoms with Gasteiger partial charge in [0.2, 0.25) is 0 Å². The van der Waals surface area contributed by atoms with Crippen molar-refractivity contribution in [3.8, 4) is 0 Å². The maximum atomic E-state index is 5.23. The van der Waals surface area contributed by atoms with Gasteiger partial charge in [-0.25, -0.2) is 9.97 Å². The number of rotatable bonds is 9. The summed E-state index contributed by atoms with van der Waals surface area (Å²) in [5.74, 6) is 0.707. The van der Waals surface area contributed by atoms with Crippen molar-refractivity contribution in [3.63, 3.8) is 0 Å².